The molecule has 1 unspecified atom stereocenters. The largest absolute Gasteiger partial charge is 0.342 e. The molecule has 5 nitrogen and oxygen atoms in total. The zero-order chi connectivity index (χ0) is 20.1. The van der Waals surface area contributed by atoms with Gasteiger partial charge in [0.2, 0.25) is 15.9 Å². The molecule has 1 heterocycles. The van der Waals surface area contributed by atoms with E-state index >= 15 is 0 Å². The molecule has 2 aromatic carbocycles. The van der Waals surface area contributed by atoms with Crippen LogP contribution < -0.4 is 4.72 Å². The van der Waals surface area contributed by atoms with E-state index in [9.17, 15) is 13.2 Å². The number of nitrogens with one attached hydrogen (secondary N) is 1. The molecule has 1 N–H and O–H groups in total. The van der Waals surface area contributed by atoms with Crippen LogP contribution in [0.1, 0.15) is 19.8 Å². The molecule has 1 amide bonds. The highest BCUT2D eigenvalue weighted by atomic mass is 79.9. The highest BCUT2D eigenvalue weighted by Crippen LogP contribution is 2.27. The molecule has 2 aromatic rings. The lowest BCUT2D eigenvalue weighted by atomic mass is 10.1. The van der Waals surface area contributed by atoms with Gasteiger partial charge in [-0.05, 0) is 56.2 Å². The molecule has 0 saturated carbocycles. The van der Waals surface area contributed by atoms with Crippen molar-refractivity contribution in [3.05, 3.63) is 59.1 Å². The second-order valence-electron chi connectivity index (χ2n) is 6.75. The van der Waals surface area contributed by atoms with Gasteiger partial charge in [0.25, 0.3) is 0 Å². The third kappa shape index (κ3) is 5.59. The lowest BCUT2D eigenvalue weighted by molar-refractivity contribution is -0.131. The van der Waals surface area contributed by atoms with E-state index in [1.54, 1.807) is 30.3 Å². The third-order valence-electron chi connectivity index (χ3n) is 4.66. The maximum absolute atomic E-state index is 12.7. The van der Waals surface area contributed by atoms with Gasteiger partial charge in [-0.25, -0.2) is 13.1 Å². The third-order valence-corrected chi connectivity index (χ3v) is 7.82. The van der Waals surface area contributed by atoms with Crippen LogP contribution in [0.25, 0.3) is 0 Å². The summed E-state index contributed by atoms with van der Waals surface area (Å²) in [6.45, 7) is 3.04. The number of likely N-dealkylation sites (tertiary alicyclic amines) is 1. The Bertz CT molecular complexity index is 897. The lowest BCUT2D eigenvalue weighted by Gasteiger charge is -2.33. The molecule has 28 heavy (non-hydrogen) atoms. The van der Waals surface area contributed by atoms with Crippen molar-refractivity contribution >= 4 is 43.6 Å². The summed E-state index contributed by atoms with van der Waals surface area (Å²) in [5.74, 6) is 0.0947. The highest BCUT2D eigenvalue weighted by molar-refractivity contribution is 9.10. The Morgan fingerprint density at radius 3 is 2.32 bits per heavy atom. The van der Waals surface area contributed by atoms with Crippen molar-refractivity contribution in [3.63, 3.8) is 0 Å². The number of carbonyl (C=O) groups excluding carboxylic acids is 1. The number of benzene rings is 2. The normalized spacial score (nSPS) is 16.7. The van der Waals surface area contributed by atoms with Crippen molar-refractivity contribution in [1.29, 1.82) is 0 Å². The quantitative estimate of drug-likeness (QED) is 0.633. The first-order chi connectivity index (χ1) is 13.3. The van der Waals surface area contributed by atoms with Crippen LogP contribution in [0.3, 0.4) is 0 Å². The SMILES string of the molecule is CC(Sc1ccc(Br)cc1)C(=O)N1CCC(NS(=O)(=O)c2ccccc2)CC1. The van der Waals surface area contributed by atoms with Gasteiger partial charge in [-0.3, -0.25) is 4.79 Å². The number of nitrogens with zero attached hydrogens (tertiary/aromatic N) is 1. The number of carbonyl (C=O) groups is 1. The van der Waals surface area contributed by atoms with Gasteiger partial charge in [-0.1, -0.05) is 34.1 Å². The number of halogens is 1. The Morgan fingerprint density at radius 1 is 1.11 bits per heavy atom. The molecule has 1 aliphatic rings. The summed E-state index contributed by atoms with van der Waals surface area (Å²) in [5.41, 5.74) is 0. The first kappa shape index (κ1) is 21.4. The maximum atomic E-state index is 12.7. The Balaban J connectivity index is 1.51. The van der Waals surface area contributed by atoms with E-state index in [1.807, 2.05) is 36.1 Å². The van der Waals surface area contributed by atoms with Crippen molar-refractivity contribution in [3.8, 4) is 0 Å². The van der Waals surface area contributed by atoms with Gasteiger partial charge in [0.1, 0.15) is 0 Å². The summed E-state index contributed by atoms with van der Waals surface area (Å²) in [4.78, 5) is 15.9. The second kappa shape index (κ2) is 9.43. The first-order valence-electron chi connectivity index (χ1n) is 9.13. The monoisotopic (exact) mass is 482 g/mol. The summed E-state index contributed by atoms with van der Waals surface area (Å²) < 4.78 is 28.7. The predicted molar refractivity (Wildman–Crippen MR) is 116 cm³/mol. The molecule has 0 spiro atoms. The Hall–Kier alpha value is -1.35. The van der Waals surface area contributed by atoms with Gasteiger partial charge in [0, 0.05) is 28.5 Å². The van der Waals surface area contributed by atoms with Gasteiger partial charge >= 0.3 is 0 Å². The van der Waals surface area contributed by atoms with E-state index in [2.05, 4.69) is 20.7 Å². The van der Waals surface area contributed by atoms with Gasteiger partial charge in [0.15, 0.2) is 0 Å². The molecule has 8 heteroatoms. The molecule has 1 fully saturated rings. The van der Waals surface area contributed by atoms with Crippen LogP contribution in [-0.4, -0.2) is 43.6 Å². The topological polar surface area (TPSA) is 66.5 Å². The van der Waals surface area contributed by atoms with E-state index in [0.717, 1.165) is 9.37 Å². The first-order valence-corrected chi connectivity index (χ1v) is 12.3. The standard InChI is InChI=1S/C20H23BrN2O3S2/c1-15(27-18-9-7-16(21)8-10-18)20(24)23-13-11-17(12-14-23)22-28(25,26)19-5-3-2-4-6-19/h2-10,15,17,22H,11-14H2,1H3. The predicted octanol–water partition coefficient (Wildman–Crippen LogP) is 3.90. The van der Waals surface area contributed by atoms with Crippen LogP contribution >= 0.6 is 27.7 Å². The lowest BCUT2D eigenvalue weighted by Crippen LogP contribution is -2.48. The fraction of sp³-hybridized carbons (Fsp3) is 0.350. The Morgan fingerprint density at radius 2 is 1.71 bits per heavy atom. The Labute approximate surface area is 179 Å². The fourth-order valence-corrected chi connectivity index (χ4v) is 5.67. The van der Waals surface area contributed by atoms with Crippen LogP contribution in [0.4, 0.5) is 0 Å². The van der Waals surface area contributed by atoms with Gasteiger partial charge in [0.05, 0.1) is 10.1 Å². The average Bonchev–Trinajstić information content (AvgIpc) is 2.70. The van der Waals surface area contributed by atoms with Crippen molar-refractivity contribution in [2.75, 3.05) is 13.1 Å². The van der Waals surface area contributed by atoms with E-state index < -0.39 is 10.0 Å². The molecule has 0 aliphatic carbocycles. The summed E-state index contributed by atoms with van der Waals surface area (Å²) in [5, 5.41) is -0.182. The molecule has 1 saturated heterocycles. The number of hydrogen-bond donors (Lipinski definition) is 1. The van der Waals surface area contributed by atoms with Gasteiger partial charge < -0.3 is 4.90 Å². The molecule has 150 valence electrons. The number of hydrogen-bond acceptors (Lipinski definition) is 4. The zero-order valence-corrected chi connectivity index (χ0v) is 18.8. The Kier molecular flexibility index (Phi) is 7.20. The van der Waals surface area contributed by atoms with Crippen molar-refractivity contribution in [2.24, 2.45) is 0 Å². The van der Waals surface area contributed by atoms with E-state index in [1.165, 1.54) is 11.8 Å². The minimum atomic E-state index is -3.52. The van der Waals surface area contributed by atoms with E-state index in [0.29, 0.717) is 25.9 Å². The number of thioether (sulfide) groups is 1. The second-order valence-corrected chi connectivity index (χ2v) is 10.8. The fourth-order valence-electron chi connectivity index (χ4n) is 3.13. The van der Waals surface area contributed by atoms with E-state index in [-0.39, 0.29) is 22.1 Å². The molecule has 1 atom stereocenters. The van der Waals surface area contributed by atoms with Crippen molar-refractivity contribution < 1.29 is 13.2 Å². The number of piperidine rings is 1. The molecular formula is C20H23BrN2O3S2. The highest BCUT2D eigenvalue weighted by Gasteiger charge is 2.29. The molecule has 1 aliphatic heterocycles. The summed E-state index contributed by atoms with van der Waals surface area (Å²) in [6.07, 6.45) is 1.24. The molecule has 0 radical (unpaired) electrons. The molecule has 0 bridgehead atoms. The molecule has 0 aromatic heterocycles. The van der Waals surface area contributed by atoms with Crippen LogP contribution in [0.2, 0.25) is 0 Å². The summed E-state index contributed by atoms with van der Waals surface area (Å²) in [7, 11) is -3.52. The number of rotatable bonds is 6. The average molecular weight is 483 g/mol. The van der Waals surface area contributed by atoms with Gasteiger partial charge in [-0.2, -0.15) is 0 Å². The number of amides is 1. The van der Waals surface area contributed by atoms with Gasteiger partial charge in [-0.15, -0.1) is 11.8 Å². The van der Waals surface area contributed by atoms with Crippen LogP contribution in [-0.2, 0) is 14.8 Å². The minimum Gasteiger partial charge on any atom is -0.342 e. The number of sulfonamides is 1. The zero-order valence-electron chi connectivity index (χ0n) is 15.5. The summed E-state index contributed by atoms with van der Waals surface area (Å²) >= 11 is 4.95. The van der Waals surface area contributed by atoms with Crippen LogP contribution in [0.5, 0.6) is 0 Å². The van der Waals surface area contributed by atoms with Crippen molar-refractivity contribution in [1.82, 2.24) is 9.62 Å². The van der Waals surface area contributed by atoms with Crippen LogP contribution in [0.15, 0.2) is 68.9 Å². The maximum Gasteiger partial charge on any atom is 0.240 e. The van der Waals surface area contributed by atoms with Crippen LogP contribution in [0, 0.1) is 0 Å². The molecular weight excluding hydrogens is 460 g/mol. The smallest absolute Gasteiger partial charge is 0.240 e. The van der Waals surface area contributed by atoms with E-state index in [4.69, 9.17) is 0 Å². The van der Waals surface area contributed by atoms with Crippen molar-refractivity contribution in [2.45, 2.75) is 40.8 Å². The molecule has 3 rings (SSSR count). The summed E-state index contributed by atoms with van der Waals surface area (Å²) in [6, 6.07) is 16.1. The minimum absolute atomic E-state index is 0.0947.